The summed E-state index contributed by atoms with van der Waals surface area (Å²) in [6.45, 7) is 4.18. The molecule has 1 saturated heterocycles. The van der Waals surface area contributed by atoms with Crippen LogP contribution in [0.5, 0.6) is 5.75 Å². The molecule has 188 valence electrons. The molecule has 1 amide bonds. The molecule has 8 heteroatoms. The topological polar surface area (TPSA) is 106 Å². The number of carbonyl (C=O) groups excluding carboxylic acids is 3. The number of ether oxygens (including phenoxy) is 2. The fourth-order valence-electron chi connectivity index (χ4n) is 4.71. The fraction of sp³-hybridized carbons (Fsp3) is 0.241. The molecule has 2 atom stereocenters. The van der Waals surface area contributed by atoms with Crippen LogP contribution in [0.3, 0.4) is 0 Å². The molecular formula is C29H26N2O6. The van der Waals surface area contributed by atoms with Crippen molar-refractivity contribution in [3.05, 3.63) is 94.8 Å². The lowest BCUT2D eigenvalue weighted by Crippen LogP contribution is -2.29. The lowest BCUT2D eigenvalue weighted by atomic mass is 9.95. The normalized spacial score (nSPS) is 20.0. The minimum absolute atomic E-state index is 0.0237. The van der Waals surface area contributed by atoms with E-state index < -0.39 is 23.7 Å². The first kappa shape index (κ1) is 24.2. The second-order valence-corrected chi connectivity index (χ2v) is 9.09. The van der Waals surface area contributed by atoms with Gasteiger partial charge in [-0.2, -0.15) is 0 Å². The van der Waals surface area contributed by atoms with Crippen LogP contribution in [0.2, 0.25) is 0 Å². The number of ketones is 1. The van der Waals surface area contributed by atoms with Crippen molar-refractivity contribution in [2.45, 2.75) is 38.8 Å². The van der Waals surface area contributed by atoms with E-state index in [0.29, 0.717) is 41.8 Å². The van der Waals surface area contributed by atoms with Gasteiger partial charge in [-0.05, 0) is 73.0 Å². The van der Waals surface area contributed by atoms with Gasteiger partial charge in [0.2, 0.25) is 0 Å². The quantitative estimate of drug-likeness (QED) is 0.229. The van der Waals surface area contributed by atoms with Crippen LogP contribution in [-0.2, 0) is 20.7 Å². The highest BCUT2D eigenvalue weighted by Gasteiger charge is 2.47. The van der Waals surface area contributed by atoms with Crippen molar-refractivity contribution in [1.29, 1.82) is 0 Å². The van der Waals surface area contributed by atoms with Crippen LogP contribution < -0.4 is 9.64 Å². The Morgan fingerprint density at radius 1 is 1.14 bits per heavy atom. The maximum Gasteiger partial charge on any atom is 0.338 e. The number of aliphatic hydroxyl groups excluding tert-OH is 1. The van der Waals surface area contributed by atoms with Gasteiger partial charge in [-0.3, -0.25) is 19.5 Å². The van der Waals surface area contributed by atoms with Gasteiger partial charge in [0.1, 0.15) is 17.6 Å². The van der Waals surface area contributed by atoms with E-state index in [9.17, 15) is 19.5 Å². The number of esters is 1. The van der Waals surface area contributed by atoms with E-state index in [2.05, 4.69) is 4.98 Å². The molecule has 1 fully saturated rings. The Morgan fingerprint density at radius 2 is 1.89 bits per heavy atom. The summed E-state index contributed by atoms with van der Waals surface area (Å²) >= 11 is 0. The summed E-state index contributed by atoms with van der Waals surface area (Å²) in [5.74, 6) is -1.57. The third-order valence-electron chi connectivity index (χ3n) is 6.43. The van der Waals surface area contributed by atoms with Crippen LogP contribution in [0.15, 0.2) is 72.6 Å². The number of hydrogen-bond donors (Lipinski definition) is 1. The van der Waals surface area contributed by atoms with Crippen molar-refractivity contribution in [3.63, 3.8) is 0 Å². The minimum atomic E-state index is -0.907. The molecule has 0 spiro atoms. The molecule has 2 aliphatic heterocycles. The predicted molar refractivity (Wildman–Crippen MR) is 136 cm³/mol. The molecule has 0 saturated carbocycles. The zero-order valence-corrected chi connectivity index (χ0v) is 20.5. The molecule has 0 radical (unpaired) electrons. The molecule has 3 heterocycles. The number of benzene rings is 2. The molecule has 0 aliphatic carbocycles. The van der Waals surface area contributed by atoms with Crippen LogP contribution in [0.25, 0.3) is 5.76 Å². The Balaban J connectivity index is 1.58. The highest BCUT2D eigenvalue weighted by Crippen LogP contribution is 2.42. The van der Waals surface area contributed by atoms with Crippen molar-refractivity contribution in [2.24, 2.45) is 0 Å². The molecule has 1 aromatic heterocycles. The third-order valence-corrected chi connectivity index (χ3v) is 6.43. The number of nitrogens with zero attached hydrogens (tertiary/aromatic N) is 2. The fourth-order valence-corrected chi connectivity index (χ4v) is 4.71. The summed E-state index contributed by atoms with van der Waals surface area (Å²) in [5, 5.41) is 11.4. The first-order chi connectivity index (χ1) is 17.9. The van der Waals surface area contributed by atoms with Crippen LogP contribution in [-0.4, -0.2) is 40.5 Å². The Labute approximate surface area is 214 Å². The lowest BCUT2D eigenvalue weighted by Gasteiger charge is -2.25. The summed E-state index contributed by atoms with van der Waals surface area (Å²) < 4.78 is 10.9. The van der Waals surface area contributed by atoms with E-state index in [4.69, 9.17) is 9.47 Å². The molecule has 2 unspecified atom stereocenters. The average Bonchev–Trinajstić information content (AvgIpc) is 3.42. The lowest BCUT2D eigenvalue weighted by molar-refractivity contribution is -0.132. The monoisotopic (exact) mass is 498 g/mol. The van der Waals surface area contributed by atoms with E-state index in [0.717, 1.165) is 11.3 Å². The molecule has 37 heavy (non-hydrogen) atoms. The van der Waals surface area contributed by atoms with Gasteiger partial charge in [0.25, 0.3) is 11.7 Å². The Kier molecular flexibility index (Phi) is 6.48. The average molecular weight is 499 g/mol. The molecule has 2 aromatic carbocycles. The molecular weight excluding hydrogens is 472 g/mol. The number of Topliss-reactive ketones (excluding diaryl/α,β-unsaturated/α-hetero) is 1. The maximum atomic E-state index is 13.3. The summed E-state index contributed by atoms with van der Waals surface area (Å²) in [4.78, 5) is 44.4. The number of rotatable bonds is 6. The number of carbonyl (C=O) groups is 3. The standard InChI is InChI=1S/C29H26N2O6/c1-3-13-36-29(35)18-6-9-22(10-7-18)31-25(20-5-4-12-30-16-20)24(27(33)28(31)34)26(32)19-8-11-23-21(15-19)14-17(2)37-23/h4-12,15-17,25,32H,3,13-14H2,1-2H3/b26-24-. The molecule has 8 nitrogen and oxygen atoms in total. The van der Waals surface area contributed by atoms with Gasteiger partial charge in [-0.25, -0.2) is 4.79 Å². The minimum Gasteiger partial charge on any atom is -0.507 e. The van der Waals surface area contributed by atoms with Gasteiger partial charge in [-0.1, -0.05) is 13.0 Å². The number of pyridine rings is 1. The van der Waals surface area contributed by atoms with Gasteiger partial charge >= 0.3 is 5.97 Å². The Bertz CT molecular complexity index is 1400. The van der Waals surface area contributed by atoms with Gasteiger partial charge in [-0.15, -0.1) is 0 Å². The van der Waals surface area contributed by atoms with Crippen LogP contribution in [0, 0.1) is 0 Å². The summed E-state index contributed by atoms with van der Waals surface area (Å²) in [7, 11) is 0. The van der Waals surface area contributed by atoms with Crippen molar-refractivity contribution in [1.82, 2.24) is 4.98 Å². The highest BCUT2D eigenvalue weighted by molar-refractivity contribution is 6.51. The summed E-state index contributed by atoms with van der Waals surface area (Å²) in [6, 6.07) is 14.1. The van der Waals surface area contributed by atoms with Crippen molar-refractivity contribution >= 4 is 29.1 Å². The van der Waals surface area contributed by atoms with Gasteiger partial charge in [0, 0.05) is 30.1 Å². The largest absolute Gasteiger partial charge is 0.507 e. The first-order valence-electron chi connectivity index (χ1n) is 12.2. The molecule has 3 aromatic rings. The number of hydrogen-bond acceptors (Lipinski definition) is 7. The maximum absolute atomic E-state index is 13.3. The van der Waals surface area contributed by atoms with E-state index in [1.54, 1.807) is 67.0 Å². The Hall–Kier alpha value is -4.46. The zero-order valence-electron chi connectivity index (χ0n) is 20.5. The van der Waals surface area contributed by atoms with E-state index in [-0.39, 0.29) is 17.4 Å². The smallest absolute Gasteiger partial charge is 0.338 e. The van der Waals surface area contributed by atoms with Gasteiger partial charge in [0.15, 0.2) is 0 Å². The first-order valence-corrected chi connectivity index (χ1v) is 12.2. The van der Waals surface area contributed by atoms with Crippen molar-refractivity contribution < 1.29 is 29.0 Å². The Morgan fingerprint density at radius 3 is 2.59 bits per heavy atom. The number of amides is 1. The summed E-state index contributed by atoms with van der Waals surface area (Å²) in [5.41, 5.74) is 2.62. The second-order valence-electron chi connectivity index (χ2n) is 9.09. The molecule has 2 aliphatic rings. The van der Waals surface area contributed by atoms with Gasteiger partial charge in [0.05, 0.1) is 23.8 Å². The molecule has 5 rings (SSSR count). The summed E-state index contributed by atoms with van der Waals surface area (Å²) in [6.07, 6.45) is 4.56. The third kappa shape index (κ3) is 4.46. The van der Waals surface area contributed by atoms with Crippen LogP contribution in [0.4, 0.5) is 5.69 Å². The predicted octanol–water partition coefficient (Wildman–Crippen LogP) is 4.60. The SMILES string of the molecule is CCCOC(=O)c1ccc(N2C(=O)C(=O)/C(=C(\O)c3ccc4c(c3)CC(C)O4)C2c2cccnc2)cc1. The van der Waals surface area contributed by atoms with Gasteiger partial charge < -0.3 is 14.6 Å². The number of aromatic nitrogens is 1. The molecule has 0 bridgehead atoms. The van der Waals surface area contributed by atoms with E-state index in [1.807, 2.05) is 13.8 Å². The van der Waals surface area contributed by atoms with Crippen molar-refractivity contribution in [3.8, 4) is 5.75 Å². The van der Waals surface area contributed by atoms with Crippen LogP contribution in [0.1, 0.15) is 53.4 Å². The second kappa shape index (κ2) is 9.89. The number of aliphatic hydroxyl groups is 1. The van der Waals surface area contributed by atoms with Crippen LogP contribution >= 0.6 is 0 Å². The van der Waals surface area contributed by atoms with Crippen molar-refractivity contribution in [2.75, 3.05) is 11.5 Å². The number of anilines is 1. The molecule has 1 N–H and O–H groups in total. The number of fused-ring (bicyclic) bond motifs is 1. The zero-order chi connectivity index (χ0) is 26.1. The van der Waals surface area contributed by atoms with E-state index >= 15 is 0 Å². The highest BCUT2D eigenvalue weighted by atomic mass is 16.5. The van der Waals surface area contributed by atoms with E-state index in [1.165, 1.54) is 4.90 Å².